The van der Waals surface area contributed by atoms with E-state index in [9.17, 15) is 53.9 Å². The molecule has 3 aromatic rings. The van der Waals surface area contributed by atoms with Crippen LogP contribution in [0, 0.1) is 0 Å². The van der Waals surface area contributed by atoms with Crippen LogP contribution in [0.2, 0.25) is 5.02 Å². The summed E-state index contributed by atoms with van der Waals surface area (Å²) in [5, 5.41) is 10.1. The van der Waals surface area contributed by atoms with Gasteiger partial charge in [0.2, 0.25) is 12.2 Å². The van der Waals surface area contributed by atoms with E-state index in [4.69, 9.17) is 21.1 Å². The van der Waals surface area contributed by atoms with E-state index in [0.717, 1.165) is 48.4 Å². The molecule has 22 heteroatoms. The number of benzene rings is 1. The van der Waals surface area contributed by atoms with Crippen molar-refractivity contribution in [2.45, 2.75) is 31.4 Å². The van der Waals surface area contributed by atoms with E-state index >= 15 is 0 Å². The molecule has 1 saturated heterocycles. The second-order valence-corrected chi connectivity index (χ2v) is 10.7. The van der Waals surface area contributed by atoms with Gasteiger partial charge in [0, 0.05) is 38.1 Å². The van der Waals surface area contributed by atoms with Crippen LogP contribution in [-0.2, 0) is 32.0 Å². The lowest BCUT2D eigenvalue weighted by atomic mass is 10.0. The molecule has 276 valence electrons. The Morgan fingerprint density at radius 3 is 2.08 bits per heavy atom. The largest absolute Gasteiger partial charge is 0.483 e. The fraction of sp³-hybridized carbons (Fsp3) is 0.345. The number of anilines is 4. The van der Waals surface area contributed by atoms with Crippen LogP contribution in [0.15, 0.2) is 42.9 Å². The third-order valence-corrected chi connectivity index (χ3v) is 6.75. The summed E-state index contributed by atoms with van der Waals surface area (Å²) >= 11 is 6.32. The number of aryl methyl sites for hydroxylation is 2. The van der Waals surface area contributed by atoms with Crippen molar-refractivity contribution in [1.29, 1.82) is 0 Å². The van der Waals surface area contributed by atoms with Crippen LogP contribution in [0.4, 0.5) is 62.7 Å². The molecule has 0 aliphatic carbocycles. The number of piperazine rings is 1. The summed E-state index contributed by atoms with van der Waals surface area (Å²) in [5.74, 6) is -5.21. The minimum Gasteiger partial charge on any atom is -0.483 e. The number of carbonyl (C=O) groups excluding carboxylic acids is 4. The van der Waals surface area contributed by atoms with Gasteiger partial charge >= 0.3 is 30.1 Å². The van der Waals surface area contributed by atoms with Crippen molar-refractivity contribution in [2.24, 2.45) is 0 Å². The molecule has 3 N–H and O–H groups in total. The molecule has 2 aromatic heterocycles. The van der Waals surface area contributed by atoms with Crippen molar-refractivity contribution in [2.75, 3.05) is 43.4 Å². The topological polar surface area (TPSA) is 156 Å². The molecular weight excluding hydrogens is 733 g/mol. The molecule has 0 radical (unpaired) electrons. The van der Waals surface area contributed by atoms with Crippen LogP contribution in [0.5, 0.6) is 5.75 Å². The molecule has 2 aliphatic rings. The number of halogens is 10. The Balaban J connectivity index is 0.000000324. The highest BCUT2D eigenvalue weighted by Gasteiger charge is 2.54. The molecule has 0 atom stereocenters. The summed E-state index contributed by atoms with van der Waals surface area (Å²) in [4.78, 5) is 55.4. The minimum absolute atomic E-state index is 0.00110. The number of nitrogens with one attached hydrogen (secondary N) is 3. The number of pyridine rings is 1. The maximum atomic E-state index is 12.6. The Morgan fingerprint density at radius 2 is 1.49 bits per heavy atom. The van der Waals surface area contributed by atoms with Crippen LogP contribution >= 0.6 is 11.6 Å². The number of ketones is 2. The smallest absolute Gasteiger partial charge is 0.458 e. The van der Waals surface area contributed by atoms with Gasteiger partial charge in [0.15, 0.2) is 12.4 Å². The molecule has 1 fully saturated rings. The van der Waals surface area contributed by atoms with E-state index in [1.54, 1.807) is 12.4 Å². The van der Waals surface area contributed by atoms with Gasteiger partial charge in [0.1, 0.15) is 10.8 Å². The van der Waals surface area contributed by atoms with Crippen molar-refractivity contribution >= 4 is 58.5 Å². The van der Waals surface area contributed by atoms with Gasteiger partial charge in [-0.25, -0.2) is 4.98 Å². The molecular formula is C29H25ClF9N7O5. The summed E-state index contributed by atoms with van der Waals surface area (Å²) in [6.45, 7) is 3.05. The Morgan fingerprint density at radius 1 is 0.863 bits per heavy atom. The van der Waals surface area contributed by atoms with Gasteiger partial charge in [-0.1, -0.05) is 11.6 Å². The molecule has 51 heavy (non-hydrogen) atoms. The van der Waals surface area contributed by atoms with Crippen molar-refractivity contribution in [3.8, 4) is 5.75 Å². The zero-order chi connectivity index (χ0) is 38.0. The van der Waals surface area contributed by atoms with Crippen molar-refractivity contribution < 1.29 is 63.4 Å². The highest BCUT2D eigenvalue weighted by atomic mass is 35.5. The van der Waals surface area contributed by atoms with Crippen LogP contribution in [-0.4, -0.2) is 94.9 Å². The number of Topliss-reactive ketones (excluding diaryl/α,β-unsaturated/α-hetero) is 2. The third kappa shape index (κ3) is 13.0. The first-order valence-corrected chi connectivity index (χ1v) is 14.6. The van der Waals surface area contributed by atoms with E-state index in [2.05, 4.69) is 30.9 Å². The first-order valence-electron chi connectivity index (χ1n) is 14.3. The number of aromatic nitrogens is 3. The fourth-order valence-electron chi connectivity index (χ4n) is 4.15. The number of hydrogen-bond donors (Lipinski definition) is 3. The van der Waals surface area contributed by atoms with Crippen LogP contribution < -0.4 is 20.7 Å². The lowest BCUT2D eigenvalue weighted by Crippen LogP contribution is -2.47. The number of alkyl halides is 9. The van der Waals surface area contributed by atoms with Gasteiger partial charge in [-0.2, -0.15) is 44.5 Å². The Bertz CT molecular complexity index is 1690. The second kappa shape index (κ2) is 17.2. The number of amides is 1. The summed E-state index contributed by atoms with van der Waals surface area (Å²) in [6.07, 6.45) is -10.6. The number of fused-ring (bicyclic) bond motifs is 6. The van der Waals surface area contributed by atoms with Gasteiger partial charge in [-0.15, -0.1) is 0 Å². The minimum atomic E-state index is -5.77. The zero-order valence-electron chi connectivity index (χ0n) is 25.7. The average molecular weight is 758 g/mol. The molecule has 12 nitrogen and oxygen atoms in total. The number of carbonyl (C=O) groups is 4. The van der Waals surface area contributed by atoms with Crippen LogP contribution in [0.1, 0.15) is 11.1 Å². The molecule has 0 spiro atoms. The normalized spacial score (nSPS) is 14.2. The predicted octanol–water partition coefficient (Wildman–Crippen LogP) is 4.92. The quantitative estimate of drug-likeness (QED) is 0.189. The lowest BCUT2D eigenvalue weighted by Gasteiger charge is -2.27. The third-order valence-electron chi connectivity index (χ3n) is 6.48. The Hall–Kier alpha value is -5.05. The molecule has 6 bridgehead atoms. The maximum absolute atomic E-state index is 12.6. The molecule has 0 unspecified atom stereocenters. The van der Waals surface area contributed by atoms with Crippen molar-refractivity contribution in [3.63, 3.8) is 0 Å². The van der Waals surface area contributed by atoms with E-state index in [1.807, 2.05) is 35.4 Å². The number of aldehydes is 1. The van der Waals surface area contributed by atoms with E-state index in [-0.39, 0.29) is 12.5 Å². The van der Waals surface area contributed by atoms with Gasteiger partial charge in [-0.05, 0) is 48.2 Å². The number of ether oxygens (including phenoxy) is 1. The van der Waals surface area contributed by atoms with E-state index in [1.165, 1.54) is 0 Å². The summed E-state index contributed by atoms with van der Waals surface area (Å²) in [7, 11) is 0. The van der Waals surface area contributed by atoms with Gasteiger partial charge in [0.05, 0.1) is 18.1 Å². The Kier molecular flexibility index (Phi) is 13.7. The van der Waals surface area contributed by atoms with Crippen LogP contribution in [0.3, 0.4) is 0 Å². The highest BCUT2D eigenvalue weighted by Crippen LogP contribution is 2.30. The lowest BCUT2D eigenvalue weighted by molar-refractivity contribution is -0.193. The standard InChI is InChI=1S/C23H24ClN7O2.C4F6O2.C2HF3O/c24-19-13-27-23-29-18-9-15(11-26-12-18)1-2-16-10-17(28-22(19)30-23)3-4-20(16)33-14-21(32)31-7-5-25-6-8-31;5-3(6,7)1(11)2(12)4(8,9)10;3-2(4,5)1-6/h3-4,9-13,25H,1-2,5-8,14H2,(H2,27,28,29,30);;1H. The SMILES string of the molecule is O=C(C(=O)C(F)(F)F)C(F)(F)F.O=C(COc1ccc2cc1CCc1cncc(c1)Nc1ncc(Cl)c(n1)N2)N1CCNCC1.O=CC(F)(F)F. The van der Waals surface area contributed by atoms with E-state index < -0.39 is 36.4 Å². The second-order valence-electron chi connectivity index (χ2n) is 10.3. The highest BCUT2D eigenvalue weighted by molar-refractivity contribution is 6.41. The molecule has 2 aliphatic heterocycles. The van der Waals surface area contributed by atoms with Crippen molar-refractivity contribution in [3.05, 3.63) is 59.0 Å². The number of hydrogen-bond acceptors (Lipinski definition) is 11. The molecule has 1 aromatic carbocycles. The molecule has 5 rings (SSSR count). The average Bonchev–Trinajstić information content (AvgIpc) is 3.07. The number of nitrogens with zero attached hydrogens (tertiary/aromatic N) is 4. The Labute approximate surface area is 286 Å². The predicted molar refractivity (Wildman–Crippen MR) is 161 cm³/mol. The fourth-order valence-corrected chi connectivity index (χ4v) is 4.29. The van der Waals surface area contributed by atoms with Crippen molar-refractivity contribution in [1.82, 2.24) is 25.2 Å². The molecule has 0 saturated carbocycles. The van der Waals surface area contributed by atoms with Gasteiger partial charge in [0.25, 0.3) is 5.91 Å². The molecule has 4 heterocycles. The summed E-state index contributed by atoms with van der Waals surface area (Å²) in [5.41, 5.74) is 3.66. The molecule has 1 amide bonds. The van der Waals surface area contributed by atoms with Gasteiger partial charge in [-0.3, -0.25) is 24.2 Å². The van der Waals surface area contributed by atoms with E-state index in [0.29, 0.717) is 35.6 Å². The van der Waals surface area contributed by atoms with Crippen LogP contribution in [0.25, 0.3) is 0 Å². The monoisotopic (exact) mass is 757 g/mol. The summed E-state index contributed by atoms with van der Waals surface area (Å²) < 4.78 is 104. The first-order chi connectivity index (χ1) is 23.8. The first kappa shape index (κ1) is 40.4. The maximum Gasteiger partial charge on any atom is 0.458 e. The summed E-state index contributed by atoms with van der Waals surface area (Å²) in [6, 6.07) is 7.80. The van der Waals surface area contributed by atoms with Gasteiger partial charge < -0.3 is 25.6 Å². The number of rotatable bonds is 4. The zero-order valence-corrected chi connectivity index (χ0v) is 26.4.